The third-order valence-electron chi connectivity index (χ3n) is 5.24. The Morgan fingerprint density at radius 1 is 0.840 bits per heavy atom. The van der Waals surface area contributed by atoms with E-state index in [0.29, 0.717) is 0 Å². The summed E-state index contributed by atoms with van der Waals surface area (Å²) in [6.07, 6.45) is 7.31. The molecule has 2 heteroatoms. The molecular weight excluding hydrogens is 306 g/mol. The second-order valence-corrected chi connectivity index (χ2v) is 7.09. The maximum atomic E-state index is 13.0. The number of carbonyl (C=O) groups excluding carboxylic acids is 1. The molecule has 2 nitrogen and oxygen atoms in total. The number of rotatable bonds is 8. The monoisotopic (exact) mass is 335 g/mol. The number of likely N-dealkylation sites (tertiary alicyclic amines) is 1. The summed E-state index contributed by atoms with van der Waals surface area (Å²) in [5, 5.41) is 0. The van der Waals surface area contributed by atoms with Crippen molar-refractivity contribution < 1.29 is 4.79 Å². The number of piperidine rings is 1. The molecule has 2 aromatic carbocycles. The zero-order chi connectivity index (χ0) is 17.3. The van der Waals surface area contributed by atoms with Crippen LogP contribution in [0.2, 0.25) is 0 Å². The van der Waals surface area contributed by atoms with Crippen molar-refractivity contribution in [2.45, 2.75) is 44.4 Å². The molecule has 3 rings (SSSR count). The van der Waals surface area contributed by atoms with Gasteiger partial charge in [0.15, 0.2) is 5.78 Å². The van der Waals surface area contributed by atoms with E-state index in [-0.39, 0.29) is 11.7 Å². The summed E-state index contributed by atoms with van der Waals surface area (Å²) in [6.45, 7) is 3.69. The van der Waals surface area contributed by atoms with E-state index in [1.54, 1.807) is 0 Å². The van der Waals surface area contributed by atoms with Crippen LogP contribution in [0.4, 0.5) is 0 Å². The highest BCUT2D eigenvalue weighted by Gasteiger charge is 2.21. The molecule has 1 aliphatic heterocycles. The molecule has 1 fully saturated rings. The number of Topliss-reactive ketones (excluding diaryl/α,β-unsaturated/α-hetero) is 1. The van der Waals surface area contributed by atoms with Gasteiger partial charge < -0.3 is 4.90 Å². The third-order valence-corrected chi connectivity index (χ3v) is 5.24. The highest BCUT2D eigenvalue weighted by atomic mass is 16.1. The van der Waals surface area contributed by atoms with Crippen LogP contribution in [0.25, 0.3) is 0 Å². The maximum absolute atomic E-state index is 13.0. The van der Waals surface area contributed by atoms with Crippen LogP contribution >= 0.6 is 0 Å². The molecule has 1 saturated heterocycles. The van der Waals surface area contributed by atoms with Gasteiger partial charge in [-0.05, 0) is 50.9 Å². The first-order valence-electron chi connectivity index (χ1n) is 9.71. The van der Waals surface area contributed by atoms with Crippen molar-refractivity contribution in [2.75, 3.05) is 19.6 Å². The van der Waals surface area contributed by atoms with E-state index in [0.717, 1.165) is 24.0 Å². The zero-order valence-electron chi connectivity index (χ0n) is 15.1. The number of ketones is 1. The van der Waals surface area contributed by atoms with E-state index in [4.69, 9.17) is 0 Å². The van der Waals surface area contributed by atoms with Crippen molar-refractivity contribution >= 4 is 5.78 Å². The average molecular weight is 335 g/mol. The van der Waals surface area contributed by atoms with E-state index >= 15 is 0 Å². The van der Waals surface area contributed by atoms with Crippen LogP contribution in [-0.4, -0.2) is 30.3 Å². The van der Waals surface area contributed by atoms with E-state index in [9.17, 15) is 4.79 Å². The van der Waals surface area contributed by atoms with Crippen LogP contribution in [0.15, 0.2) is 60.7 Å². The Morgan fingerprint density at radius 3 is 2.16 bits per heavy atom. The van der Waals surface area contributed by atoms with Gasteiger partial charge in [-0.1, -0.05) is 73.5 Å². The lowest BCUT2D eigenvalue weighted by Gasteiger charge is -2.26. The fourth-order valence-corrected chi connectivity index (χ4v) is 3.80. The zero-order valence-corrected chi connectivity index (χ0v) is 15.1. The lowest BCUT2D eigenvalue weighted by molar-refractivity contribution is 0.0953. The van der Waals surface area contributed by atoms with E-state index in [1.165, 1.54) is 45.3 Å². The van der Waals surface area contributed by atoms with Gasteiger partial charge in [0, 0.05) is 11.5 Å². The first kappa shape index (κ1) is 17.9. The van der Waals surface area contributed by atoms with Crippen LogP contribution in [0.5, 0.6) is 0 Å². The van der Waals surface area contributed by atoms with Crippen molar-refractivity contribution in [3.05, 3.63) is 71.8 Å². The number of benzene rings is 2. The van der Waals surface area contributed by atoms with Crippen molar-refractivity contribution in [1.29, 1.82) is 0 Å². The Morgan fingerprint density at radius 2 is 1.48 bits per heavy atom. The molecule has 1 atom stereocenters. The van der Waals surface area contributed by atoms with Gasteiger partial charge in [-0.2, -0.15) is 0 Å². The quantitative estimate of drug-likeness (QED) is 0.481. The first-order chi connectivity index (χ1) is 12.3. The van der Waals surface area contributed by atoms with Crippen molar-refractivity contribution in [2.24, 2.45) is 0 Å². The number of hydrogen-bond donors (Lipinski definition) is 0. The van der Waals surface area contributed by atoms with Gasteiger partial charge in [0.25, 0.3) is 0 Å². The summed E-state index contributed by atoms with van der Waals surface area (Å²) in [4.78, 5) is 15.6. The highest BCUT2D eigenvalue weighted by molar-refractivity contribution is 6.00. The molecule has 25 heavy (non-hydrogen) atoms. The number of unbranched alkanes of at least 4 members (excludes halogenated alkanes) is 1. The molecule has 0 aliphatic carbocycles. The van der Waals surface area contributed by atoms with Crippen LogP contribution in [0.1, 0.15) is 60.4 Å². The minimum atomic E-state index is -0.0232. The van der Waals surface area contributed by atoms with Gasteiger partial charge in [-0.3, -0.25) is 4.79 Å². The molecule has 1 heterocycles. The summed E-state index contributed by atoms with van der Waals surface area (Å²) in [5.41, 5.74) is 1.97. The number of hydrogen-bond acceptors (Lipinski definition) is 2. The van der Waals surface area contributed by atoms with E-state index in [2.05, 4.69) is 17.0 Å². The van der Waals surface area contributed by atoms with E-state index in [1.807, 2.05) is 48.5 Å². The lowest BCUT2D eigenvalue weighted by Crippen LogP contribution is -2.30. The fourth-order valence-electron chi connectivity index (χ4n) is 3.80. The molecule has 0 aromatic heterocycles. The molecule has 0 spiro atoms. The standard InChI is InChI=1S/C23H29NO/c25-23(21-14-6-2-7-15-21)22(20-12-4-1-5-13-20)16-8-11-19-24-17-9-3-10-18-24/h1-2,4-7,12-15,22H,3,8-11,16-19H2. The van der Waals surface area contributed by atoms with Gasteiger partial charge >= 0.3 is 0 Å². The Kier molecular flexibility index (Phi) is 6.81. The van der Waals surface area contributed by atoms with Gasteiger partial charge in [-0.15, -0.1) is 0 Å². The molecule has 132 valence electrons. The molecule has 0 radical (unpaired) electrons. The largest absolute Gasteiger partial charge is 0.303 e. The number of nitrogens with zero attached hydrogens (tertiary/aromatic N) is 1. The Hall–Kier alpha value is -1.93. The van der Waals surface area contributed by atoms with Gasteiger partial charge in [0.1, 0.15) is 0 Å². The molecule has 1 unspecified atom stereocenters. The van der Waals surface area contributed by atoms with Gasteiger partial charge in [0.2, 0.25) is 0 Å². The van der Waals surface area contributed by atoms with Crippen LogP contribution < -0.4 is 0 Å². The van der Waals surface area contributed by atoms with Crippen LogP contribution in [-0.2, 0) is 0 Å². The SMILES string of the molecule is O=C(c1ccccc1)C(CCCCN1CCCCC1)c1ccccc1. The molecule has 2 aromatic rings. The highest BCUT2D eigenvalue weighted by Crippen LogP contribution is 2.26. The van der Waals surface area contributed by atoms with Crippen LogP contribution in [0.3, 0.4) is 0 Å². The van der Waals surface area contributed by atoms with Crippen molar-refractivity contribution in [1.82, 2.24) is 4.90 Å². The molecular formula is C23H29NO. The maximum Gasteiger partial charge on any atom is 0.170 e. The smallest absolute Gasteiger partial charge is 0.170 e. The molecule has 1 aliphatic rings. The molecule has 0 N–H and O–H groups in total. The summed E-state index contributed by atoms with van der Waals surface area (Å²) < 4.78 is 0. The molecule has 0 saturated carbocycles. The second kappa shape index (κ2) is 9.53. The third kappa shape index (κ3) is 5.27. The Bertz CT molecular complexity index is 632. The predicted molar refractivity (Wildman–Crippen MR) is 104 cm³/mol. The summed E-state index contributed by atoms with van der Waals surface area (Å²) in [5.74, 6) is 0.231. The molecule has 0 bridgehead atoms. The average Bonchev–Trinajstić information content (AvgIpc) is 2.70. The van der Waals surface area contributed by atoms with E-state index < -0.39 is 0 Å². The fraction of sp³-hybridized carbons (Fsp3) is 0.435. The Labute approximate surface area is 151 Å². The van der Waals surface area contributed by atoms with Gasteiger partial charge in [0.05, 0.1) is 0 Å². The van der Waals surface area contributed by atoms with Crippen LogP contribution in [0, 0.1) is 0 Å². The first-order valence-corrected chi connectivity index (χ1v) is 9.71. The van der Waals surface area contributed by atoms with Crippen molar-refractivity contribution in [3.8, 4) is 0 Å². The summed E-state index contributed by atoms with van der Waals surface area (Å²) in [6, 6.07) is 20.0. The minimum Gasteiger partial charge on any atom is -0.303 e. The summed E-state index contributed by atoms with van der Waals surface area (Å²) in [7, 11) is 0. The van der Waals surface area contributed by atoms with Gasteiger partial charge in [-0.25, -0.2) is 0 Å². The number of carbonyl (C=O) groups is 1. The lowest BCUT2D eigenvalue weighted by atomic mass is 9.86. The summed E-state index contributed by atoms with van der Waals surface area (Å²) >= 11 is 0. The molecule has 0 amide bonds. The predicted octanol–water partition coefficient (Wildman–Crippen LogP) is 5.31. The topological polar surface area (TPSA) is 20.3 Å². The normalized spacial score (nSPS) is 16.5. The minimum absolute atomic E-state index is 0.0232. The Balaban J connectivity index is 1.60. The van der Waals surface area contributed by atoms with Crippen molar-refractivity contribution in [3.63, 3.8) is 0 Å². The second-order valence-electron chi connectivity index (χ2n) is 7.09.